The number of carbonyl (C=O) groups is 2. The highest BCUT2D eigenvalue weighted by Crippen LogP contribution is 2.22. The van der Waals surface area contributed by atoms with Crippen LogP contribution in [0.2, 0.25) is 5.02 Å². The van der Waals surface area contributed by atoms with Gasteiger partial charge in [-0.2, -0.15) is 0 Å². The summed E-state index contributed by atoms with van der Waals surface area (Å²) in [4.78, 5) is 22.5. The van der Waals surface area contributed by atoms with E-state index in [0.717, 1.165) is 3.57 Å². The van der Waals surface area contributed by atoms with Crippen LogP contribution in [0, 0.1) is 3.57 Å². The molecule has 20 heavy (non-hydrogen) atoms. The number of amides is 2. The molecule has 3 N–H and O–H groups in total. The predicted octanol–water partition coefficient (Wildman–Crippen LogP) is 3.71. The number of urea groups is 1. The highest BCUT2D eigenvalue weighted by Gasteiger charge is 2.21. The third-order valence-corrected chi connectivity index (χ3v) is 3.72. The zero-order chi connectivity index (χ0) is 15.3. The smallest absolute Gasteiger partial charge is 0.319 e. The molecule has 0 aliphatic heterocycles. The van der Waals surface area contributed by atoms with Crippen molar-refractivity contribution in [2.45, 2.75) is 32.2 Å². The monoisotopic (exact) mass is 410 g/mol. The predicted molar refractivity (Wildman–Crippen MR) is 87.3 cm³/mol. The fraction of sp³-hybridized carbons (Fsp3) is 0.385. The van der Waals surface area contributed by atoms with Gasteiger partial charge < -0.3 is 15.7 Å². The van der Waals surface area contributed by atoms with E-state index in [4.69, 9.17) is 16.7 Å². The number of benzene rings is 1. The summed E-state index contributed by atoms with van der Waals surface area (Å²) >= 11 is 7.92. The lowest BCUT2D eigenvalue weighted by molar-refractivity contribution is -0.137. The van der Waals surface area contributed by atoms with E-state index >= 15 is 0 Å². The Morgan fingerprint density at radius 3 is 2.60 bits per heavy atom. The summed E-state index contributed by atoms with van der Waals surface area (Å²) in [5.74, 6) is -0.882. The highest BCUT2D eigenvalue weighted by molar-refractivity contribution is 14.1. The van der Waals surface area contributed by atoms with Gasteiger partial charge in [-0.15, -0.1) is 0 Å². The molecule has 0 heterocycles. The van der Waals surface area contributed by atoms with Crippen molar-refractivity contribution in [2.75, 3.05) is 5.32 Å². The average molecular weight is 411 g/mol. The van der Waals surface area contributed by atoms with Gasteiger partial charge in [-0.3, -0.25) is 4.79 Å². The van der Waals surface area contributed by atoms with Crippen LogP contribution in [0.4, 0.5) is 10.5 Å². The van der Waals surface area contributed by atoms with E-state index in [2.05, 4.69) is 33.2 Å². The first-order valence-corrected chi connectivity index (χ1v) is 7.41. The van der Waals surface area contributed by atoms with Crippen molar-refractivity contribution in [3.05, 3.63) is 26.8 Å². The van der Waals surface area contributed by atoms with Crippen molar-refractivity contribution in [1.29, 1.82) is 0 Å². The number of carboxylic acid groups (broad SMARTS) is 1. The lowest BCUT2D eigenvalue weighted by atomic mass is 9.99. The summed E-state index contributed by atoms with van der Waals surface area (Å²) in [6, 6.07) is 4.77. The van der Waals surface area contributed by atoms with E-state index in [-0.39, 0.29) is 12.5 Å². The largest absolute Gasteiger partial charge is 0.481 e. The third-order valence-electron chi connectivity index (χ3n) is 2.60. The Kier molecular flexibility index (Phi) is 6.07. The minimum absolute atomic E-state index is 0.00571. The van der Waals surface area contributed by atoms with Gasteiger partial charge in [-0.1, -0.05) is 11.6 Å². The second-order valence-electron chi connectivity index (χ2n) is 4.98. The Balaban J connectivity index is 2.60. The molecule has 2 amide bonds. The number of hydrogen-bond acceptors (Lipinski definition) is 2. The minimum Gasteiger partial charge on any atom is -0.481 e. The molecule has 5 nitrogen and oxygen atoms in total. The van der Waals surface area contributed by atoms with Crippen molar-refractivity contribution in [3.63, 3.8) is 0 Å². The standard InChI is InChI=1S/C13H16ClIN2O3/c1-13(2,6-5-11(18)19)17-12(20)16-10-4-3-8(14)7-9(10)15/h3-4,7H,5-6H2,1-2H3,(H,18,19)(H2,16,17,20). The number of carbonyl (C=O) groups excluding carboxylic acids is 1. The SMILES string of the molecule is CC(C)(CCC(=O)O)NC(=O)Nc1ccc(Cl)cc1I. The number of hydrogen-bond donors (Lipinski definition) is 3. The summed E-state index contributed by atoms with van der Waals surface area (Å²) < 4.78 is 0.827. The normalized spacial score (nSPS) is 11.0. The maximum Gasteiger partial charge on any atom is 0.319 e. The van der Waals surface area contributed by atoms with Crippen LogP contribution in [0.15, 0.2) is 18.2 Å². The molecule has 110 valence electrons. The Labute approximate surface area is 136 Å². The number of aliphatic carboxylic acids is 1. The van der Waals surface area contributed by atoms with Crippen molar-refractivity contribution >= 4 is 51.9 Å². The maximum atomic E-state index is 11.9. The summed E-state index contributed by atoms with van der Waals surface area (Å²) in [6.45, 7) is 3.56. The minimum atomic E-state index is -0.882. The Bertz CT molecular complexity index is 520. The lowest BCUT2D eigenvalue weighted by Gasteiger charge is -2.25. The number of carboxylic acids is 1. The fourth-order valence-electron chi connectivity index (χ4n) is 1.53. The zero-order valence-corrected chi connectivity index (χ0v) is 14.1. The number of anilines is 1. The summed E-state index contributed by atoms with van der Waals surface area (Å²) in [7, 11) is 0. The van der Waals surface area contributed by atoms with Crippen LogP contribution in [-0.2, 0) is 4.79 Å². The molecular weight excluding hydrogens is 395 g/mol. The fourth-order valence-corrected chi connectivity index (χ4v) is 2.54. The number of halogens is 2. The molecule has 0 saturated carbocycles. The summed E-state index contributed by atoms with van der Waals surface area (Å²) in [5, 5.41) is 14.7. The van der Waals surface area contributed by atoms with Crippen LogP contribution < -0.4 is 10.6 Å². The van der Waals surface area contributed by atoms with E-state index < -0.39 is 11.5 Å². The van der Waals surface area contributed by atoms with Gasteiger partial charge in [0, 0.05) is 20.6 Å². The summed E-state index contributed by atoms with van der Waals surface area (Å²) in [5.41, 5.74) is 0.0573. The number of nitrogens with one attached hydrogen (secondary N) is 2. The van der Waals surface area contributed by atoms with Crippen LogP contribution in [0.3, 0.4) is 0 Å². The molecule has 0 saturated heterocycles. The van der Waals surface area contributed by atoms with Gasteiger partial charge in [0.1, 0.15) is 0 Å². The highest BCUT2D eigenvalue weighted by atomic mass is 127. The second kappa shape index (κ2) is 7.12. The first-order valence-electron chi connectivity index (χ1n) is 5.95. The van der Waals surface area contributed by atoms with Crippen LogP contribution in [0.1, 0.15) is 26.7 Å². The van der Waals surface area contributed by atoms with Gasteiger partial charge >= 0.3 is 12.0 Å². The Morgan fingerprint density at radius 1 is 1.40 bits per heavy atom. The van der Waals surface area contributed by atoms with E-state index in [1.807, 2.05) is 0 Å². The molecule has 0 atom stereocenters. The molecule has 0 aliphatic carbocycles. The molecule has 0 unspecified atom stereocenters. The van der Waals surface area contributed by atoms with Gasteiger partial charge in [0.15, 0.2) is 0 Å². The molecule has 1 aromatic rings. The summed E-state index contributed by atoms with van der Waals surface area (Å²) in [6.07, 6.45) is 0.360. The van der Waals surface area contributed by atoms with Gasteiger partial charge in [0.05, 0.1) is 5.69 Å². The van der Waals surface area contributed by atoms with Gasteiger partial charge in [-0.25, -0.2) is 4.79 Å². The van der Waals surface area contributed by atoms with Crippen molar-refractivity contribution in [3.8, 4) is 0 Å². The molecule has 0 bridgehead atoms. The first-order chi connectivity index (χ1) is 9.19. The molecule has 0 aromatic heterocycles. The van der Waals surface area contributed by atoms with E-state index in [1.165, 1.54) is 0 Å². The third kappa shape index (κ3) is 5.96. The van der Waals surface area contributed by atoms with Gasteiger partial charge in [-0.05, 0) is 61.1 Å². The molecule has 0 fully saturated rings. The van der Waals surface area contributed by atoms with Crippen LogP contribution >= 0.6 is 34.2 Å². The molecule has 1 aromatic carbocycles. The van der Waals surface area contributed by atoms with E-state index in [9.17, 15) is 9.59 Å². The lowest BCUT2D eigenvalue weighted by Crippen LogP contribution is -2.45. The van der Waals surface area contributed by atoms with Gasteiger partial charge in [0.2, 0.25) is 0 Å². The molecule has 1 rings (SSSR count). The van der Waals surface area contributed by atoms with Crippen LogP contribution in [0.25, 0.3) is 0 Å². The quantitative estimate of drug-likeness (QED) is 0.648. The van der Waals surface area contributed by atoms with Gasteiger partial charge in [0.25, 0.3) is 0 Å². The second-order valence-corrected chi connectivity index (χ2v) is 6.58. The molecule has 0 radical (unpaired) electrons. The zero-order valence-electron chi connectivity index (χ0n) is 11.2. The Morgan fingerprint density at radius 2 is 2.05 bits per heavy atom. The van der Waals surface area contributed by atoms with E-state index in [0.29, 0.717) is 17.1 Å². The molecule has 7 heteroatoms. The van der Waals surface area contributed by atoms with E-state index in [1.54, 1.807) is 32.0 Å². The van der Waals surface area contributed by atoms with Crippen molar-refractivity contribution in [2.24, 2.45) is 0 Å². The molecular formula is C13H16ClIN2O3. The topological polar surface area (TPSA) is 78.4 Å². The van der Waals surface area contributed by atoms with Crippen LogP contribution in [-0.4, -0.2) is 22.6 Å². The van der Waals surface area contributed by atoms with Crippen LogP contribution in [0.5, 0.6) is 0 Å². The first kappa shape index (κ1) is 17.0. The average Bonchev–Trinajstić information content (AvgIpc) is 2.30. The Hall–Kier alpha value is -1.02. The number of rotatable bonds is 5. The molecule has 0 aliphatic rings. The molecule has 0 spiro atoms. The van der Waals surface area contributed by atoms with Crippen molar-refractivity contribution < 1.29 is 14.7 Å². The van der Waals surface area contributed by atoms with Crippen molar-refractivity contribution in [1.82, 2.24) is 5.32 Å². The maximum absolute atomic E-state index is 11.9.